The van der Waals surface area contributed by atoms with Gasteiger partial charge in [-0.2, -0.15) is 0 Å². The van der Waals surface area contributed by atoms with Crippen molar-refractivity contribution in [2.75, 3.05) is 13.1 Å². The lowest BCUT2D eigenvalue weighted by atomic mass is 9.93. The van der Waals surface area contributed by atoms with Crippen LogP contribution in [0.4, 0.5) is 0 Å². The fourth-order valence-corrected chi connectivity index (χ4v) is 4.22. The van der Waals surface area contributed by atoms with Crippen LogP contribution in [0.1, 0.15) is 37.7 Å². The third-order valence-corrected chi connectivity index (χ3v) is 5.39. The van der Waals surface area contributed by atoms with Gasteiger partial charge in [-0.3, -0.25) is 4.90 Å². The number of hydrogen-bond donors (Lipinski definition) is 1. The maximum Gasteiger partial charge on any atom is 0.0733 e. The molecule has 0 aliphatic carbocycles. The number of ether oxygens (including phenoxy) is 1. The van der Waals surface area contributed by atoms with Crippen LogP contribution in [0.2, 0.25) is 0 Å². The summed E-state index contributed by atoms with van der Waals surface area (Å²) in [4.78, 5) is 2.59. The standard InChI is InChI=1S/C18H26N2O/c1-2-4-14(5-3-1)13-20-10-8-15(9-11-20)19-17-12-16-6-7-18(17)21-16/h1-5,15-19H,6-13H2. The highest BCUT2D eigenvalue weighted by Crippen LogP contribution is 2.34. The summed E-state index contributed by atoms with van der Waals surface area (Å²) in [6.45, 7) is 3.53. The summed E-state index contributed by atoms with van der Waals surface area (Å²) in [5, 5.41) is 3.88. The van der Waals surface area contributed by atoms with Gasteiger partial charge in [-0.15, -0.1) is 0 Å². The van der Waals surface area contributed by atoms with Crippen molar-refractivity contribution in [1.82, 2.24) is 10.2 Å². The topological polar surface area (TPSA) is 24.5 Å². The molecule has 3 heterocycles. The Morgan fingerprint density at radius 2 is 1.86 bits per heavy atom. The number of rotatable bonds is 4. The Hall–Kier alpha value is -0.900. The normalized spacial score (nSPS) is 33.6. The van der Waals surface area contributed by atoms with E-state index in [4.69, 9.17) is 4.74 Å². The van der Waals surface area contributed by atoms with Gasteiger partial charge in [0.15, 0.2) is 0 Å². The molecule has 3 nitrogen and oxygen atoms in total. The molecule has 0 spiro atoms. The van der Waals surface area contributed by atoms with Gasteiger partial charge in [0.1, 0.15) is 0 Å². The van der Waals surface area contributed by atoms with E-state index in [9.17, 15) is 0 Å². The van der Waals surface area contributed by atoms with Crippen LogP contribution >= 0.6 is 0 Å². The SMILES string of the molecule is c1ccc(CN2CCC(NC3CC4CCC3O4)CC2)cc1. The summed E-state index contributed by atoms with van der Waals surface area (Å²) in [6, 6.07) is 12.2. The van der Waals surface area contributed by atoms with E-state index in [1.165, 1.54) is 50.8 Å². The lowest BCUT2D eigenvalue weighted by molar-refractivity contribution is 0.0931. The van der Waals surface area contributed by atoms with Crippen molar-refractivity contribution in [3.63, 3.8) is 0 Å². The zero-order chi connectivity index (χ0) is 14.1. The fourth-order valence-electron chi connectivity index (χ4n) is 4.22. The largest absolute Gasteiger partial charge is 0.373 e. The van der Waals surface area contributed by atoms with Crippen molar-refractivity contribution in [1.29, 1.82) is 0 Å². The van der Waals surface area contributed by atoms with Crippen LogP contribution in [-0.2, 0) is 11.3 Å². The van der Waals surface area contributed by atoms with E-state index in [1.54, 1.807) is 0 Å². The van der Waals surface area contributed by atoms with Gasteiger partial charge < -0.3 is 10.1 Å². The Morgan fingerprint density at radius 1 is 1.05 bits per heavy atom. The molecule has 1 aromatic carbocycles. The van der Waals surface area contributed by atoms with Gasteiger partial charge in [-0.25, -0.2) is 0 Å². The molecule has 114 valence electrons. The van der Waals surface area contributed by atoms with Crippen molar-refractivity contribution in [2.45, 2.75) is 62.9 Å². The predicted molar refractivity (Wildman–Crippen MR) is 84.2 cm³/mol. The molecule has 0 aromatic heterocycles. The molecule has 1 N–H and O–H groups in total. The first-order valence-corrected chi connectivity index (χ1v) is 8.54. The van der Waals surface area contributed by atoms with Crippen molar-refractivity contribution in [3.05, 3.63) is 35.9 Å². The molecule has 3 heteroatoms. The predicted octanol–water partition coefficient (Wildman–Crippen LogP) is 2.56. The molecular weight excluding hydrogens is 260 g/mol. The molecular formula is C18H26N2O. The molecule has 0 saturated carbocycles. The Bertz CT molecular complexity index is 456. The average Bonchev–Trinajstić information content (AvgIpc) is 3.13. The van der Waals surface area contributed by atoms with Crippen LogP contribution in [0.25, 0.3) is 0 Å². The molecule has 3 atom stereocenters. The maximum absolute atomic E-state index is 5.95. The van der Waals surface area contributed by atoms with Crippen LogP contribution in [0.15, 0.2) is 30.3 Å². The minimum absolute atomic E-state index is 0.511. The van der Waals surface area contributed by atoms with Crippen LogP contribution < -0.4 is 5.32 Å². The Balaban J connectivity index is 1.23. The van der Waals surface area contributed by atoms with E-state index in [1.807, 2.05) is 0 Å². The summed E-state index contributed by atoms with van der Waals surface area (Å²) in [7, 11) is 0. The number of nitrogens with one attached hydrogen (secondary N) is 1. The number of hydrogen-bond acceptors (Lipinski definition) is 3. The second kappa shape index (κ2) is 6.07. The first-order chi connectivity index (χ1) is 10.4. The van der Waals surface area contributed by atoms with E-state index in [2.05, 4.69) is 40.5 Å². The highest BCUT2D eigenvalue weighted by Gasteiger charge is 2.41. The highest BCUT2D eigenvalue weighted by molar-refractivity contribution is 5.14. The van der Waals surface area contributed by atoms with Gasteiger partial charge in [0.2, 0.25) is 0 Å². The zero-order valence-electron chi connectivity index (χ0n) is 12.7. The summed E-state index contributed by atoms with van der Waals surface area (Å²) in [5.74, 6) is 0. The molecule has 3 fully saturated rings. The number of benzene rings is 1. The quantitative estimate of drug-likeness (QED) is 0.920. The average molecular weight is 286 g/mol. The first kappa shape index (κ1) is 13.7. The van der Waals surface area contributed by atoms with Crippen molar-refractivity contribution in [3.8, 4) is 0 Å². The minimum atomic E-state index is 0.511. The van der Waals surface area contributed by atoms with Crippen LogP contribution in [0.3, 0.4) is 0 Å². The highest BCUT2D eigenvalue weighted by atomic mass is 16.5. The number of fused-ring (bicyclic) bond motifs is 2. The molecule has 3 aliphatic heterocycles. The second-order valence-corrected chi connectivity index (χ2v) is 6.92. The zero-order valence-corrected chi connectivity index (χ0v) is 12.7. The number of nitrogens with zero attached hydrogens (tertiary/aromatic N) is 1. The third-order valence-electron chi connectivity index (χ3n) is 5.39. The van der Waals surface area contributed by atoms with E-state index >= 15 is 0 Å². The molecule has 2 bridgehead atoms. The van der Waals surface area contributed by atoms with Gasteiger partial charge in [-0.1, -0.05) is 30.3 Å². The molecule has 3 saturated heterocycles. The molecule has 0 radical (unpaired) electrons. The van der Waals surface area contributed by atoms with Crippen molar-refractivity contribution >= 4 is 0 Å². The molecule has 0 amide bonds. The van der Waals surface area contributed by atoms with E-state index in [0.29, 0.717) is 24.3 Å². The summed E-state index contributed by atoms with van der Waals surface area (Å²) in [6.07, 6.45) is 7.44. The smallest absolute Gasteiger partial charge is 0.0733 e. The van der Waals surface area contributed by atoms with Gasteiger partial charge >= 0.3 is 0 Å². The number of piperidine rings is 1. The molecule has 1 aromatic rings. The lowest BCUT2D eigenvalue weighted by Crippen LogP contribution is -2.48. The van der Waals surface area contributed by atoms with Crippen LogP contribution in [-0.4, -0.2) is 42.3 Å². The molecule has 21 heavy (non-hydrogen) atoms. The molecule has 3 unspecified atom stereocenters. The van der Waals surface area contributed by atoms with Crippen LogP contribution in [0.5, 0.6) is 0 Å². The Kier molecular flexibility index (Phi) is 3.97. The van der Waals surface area contributed by atoms with Crippen molar-refractivity contribution < 1.29 is 4.74 Å². The monoisotopic (exact) mass is 286 g/mol. The van der Waals surface area contributed by atoms with Crippen LogP contribution in [0, 0.1) is 0 Å². The van der Waals surface area contributed by atoms with E-state index in [0.717, 1.165) is 6.54 Å². The van der Waals surface area contributed by atoms with Gasteiger partial charge in [0.25, 0.3) is 0 Å². The first-order valence-electron chi connectivity index (χ1n) is 8.54. The van der Waals surface area contributed by atoms with Gasteiger partial charge in [0, 0.05) is 18.6 Å². The summed E-state index contributed by atoms with van der Waals surface area (Å²) in [5.41, 5.74) is 1.44. The second-order valence-electron chi connectivity index (χ2n) is 6.92. The van der Waals surface area contributed by atoms with E-state index in [-0.39, 0.29) is 0 Å². The summed E-state index contributed by atoms with van der Waals surface area (Å²) >= 11 is 0. The van der Waals surface area contributed by atoms with Gasteiger partial charge in [-0.05, 0) is 50.8 Å². The molecule has 4 rings (SSSR count). The third kappa shape index (κ3) is 3.15. The molecule has 3 aliphatic rings. The Labute approximate surface area is 127 Å². The number of likely N-dealkylation sites (tertiary alicyclic amines) is 1. The van der Waals surface area contributed by atoms with E-state index < -0.39 is 0 Å². The summed E-state index contributed by atoms with van der Waals surface area (Å²) < 4.78 is 5.95. The van der Waals surface area contributed by atoms with Gasteiger partial charge in [0.05, 0.1) is 12.2 Å². The minimum Gasteiger partial charge on any atom is -0.373 e. The Morgan fingerprint density at radius 3 is 2.52 bits per heavy atom. The lowest BCUT2D eigenvalue weighted by Gasteiger charge is -2.35. The fraction of sp³-hybridized carbons (Fsp3) is 0.667. The van der Waals surface area contributed by atoms with Crippen molar-refractivity contribution in [2.24, 2.45) is 0 Å². The maximum atomic E-state index is 5.95.